The van der Waals surface area contributed by atoms with Crippen molar-refractivity contribution < 1.29 is 71.4 Å². The van der Waals surface area contributed by atoms with E-state index in [0.717, 1.165) is 11.3 Å². The van der Waals surface area contributed by atoms with E-state index in [4.69, 9.17) is 14.0 Å². The summed E-state index contributed by atoms with van der Waals surface area (Å²) in [5.41, 5.74) is 3.62. The number of hydrogen-bond acceptors (Lipinski definition) is 7. The van der Waals surface area contributed by atoms with E-state index >= 15 is 0 Å². The summed E-state index contributed by atoms with van der Waals surface area (Å²) in [7, 11) is 1.54. The summed E-state index contributed by atoms with van der Waals surface area (Å²) in [4.78, 5) is 11.1. The third-order valence-corrected chi connectivity index (χ3v) is 6.33. The third kappa shape index (κ3) is 5.91. The Balaban J connectivity index is 0.00000370. The number of methoxy groups -OCH3 is 1. The fourth-order valence-electron chi connectivity index (χ4n) is 4.53. The van der Waals surface area contributed by atoms with Gasteiger partial charge in [-0.3, -0.25) is 0 Å². The minimum Gasteiger partial charge on any atom is -0.546 e. The molecule has 2 heterocycles. The molecule has 0 spiro atoms. The first-order valence-corrected chi connectivity index (χ1v) is 11.8. The van der Waals surface area contributed by atoms with E-state index in [1.807, 2.05) is 17.6 Å². The number of aromatic nitrogens is 2. The van der Waals surface area contributed by atoms with Crippen LogP contribution in [0.5, 0.6) is 17.2 Å². The molecule has 0 fully saturated rings. The number of carbonyl (C=O) groups is 1. The van der Waals surface area contributed by atoms with Crippen LogP contribution in [0, 0.1) is 6.92 Å². The maximum absolute atomic E-state index is 13.0. The van der Waals surface area contributed by atoms with E-state index < -0.39 is 18.4 Å². The van der Waals surface area contributed by atoms with Gasteiger partial charge in [-0.2, -0.15) is 0 Å². The molecule has 202 valence electrons. The molecular formula is C28H22F3N2NaO6. The van der Waals surface area contributed by atoms with Crippen LogP contribution in [-0.4, -0.2) is 35.3 Å². The Hall–Kier alpha value is -3.67. The molecule has 0 aliphatic heterocycles. The van der Waals surface area contributed by atoms with Crippen LogP contribution in [0.2, 0.25) is 0 Å². The normalized spacial score (nSPS) is 12.2. The first-order chi connectivity index (χ1) is 18.5. The number of nitrogens with zero attached hydrogens (tertiary/aromatic N) is 2. The molecule has 0 N–H and O–H groups in total. The van der Waals surface area contributed by atoms with Gasteiger partial charge < -0.3 is 33.2 Å². The number of halogens is 3. The molecule has 3 aromatic carbocycles. The Morgan fingerprint density at radius 1 is 1.05 bits per heavy atom. The van der Waals surface area contributed by atoms with Gasteiger partial charge in [-0.05, 0) is 55.8 Å². The van der Waals surface area contributed by atoms with Gasteiger partial charge in [0.1, 0.15) is 29.0 Å². The topological polar surface area (TPSA) is 98.8 Å². The molecular weight excluding hydrogens is 540 g/mol. The van der Waals surface area contributed by atoms with E-state index in [9.17, 15) is 23.1 Å². The molecule has 0 aliphatic carbocycles. The number of ether oxygens (including phenoxy) is 3. The van der Waals surface area contributed by atoms with Crippen molar-refractivity contribution in [3.63, 3.8) is 0 Å². The van der Waals surface area contributed by atoms with E-state index in [-0.39, 0.29) is 41.9 Å². The first-order valence-electron chi connectivity index (χ1n) is 11.8. The average molecular weight is 562 g/mol. The van der Waals surface area contributed by atoms with Crippen molar-refractivity contribution in [2.75, 3.05) is 7.11 Å². The number of fused-ring (bicyclic) bond motifs is 2. The predicted molar refractivity (Wildman–Crippen MR) is 134 cm³/mol. The number of benzene rings is 3. The largest absolute Gasteiger partial charge is 1.00 e. The molecule has 0 saturated heterocycles. The molecule has 0 radical (unpaired) electrons. The summed E-state index contributed by atoms with van der Waals surface area (Å²) in [5, 5.41) is 16.7. The van der Waals surface area contributed by atoms with Crippen LogP contribution in [0.1, 0.15) is 18.2 Å². The standard InChI is InChI=1S/C28H23F3N2O6.Na/c1-15-25(26-22-10-7-18(36-3)13-24(22)39-32-26)21-9-8-20(38-28(29,30)31)12-23(21)33(15)14-17-5-4-6-19(11-17)37-16(2)27(34)35;/h4-13,16H,14H2,1-3H3,(H,34,35);/q;+1/p-1/t16-;/m1./s1. The molecule has 0 aliphatic rings. The summed E-state index contributed by atoms with van der Waals surface area (Å²) >= 11 is 0. The zero-order chi connectivity index (χ0) is 27.9. The predicted octanol–water partition coefficient (Wildman–Crippen LogP) is 2.23. The second kappa shape index (κ2) is 11.4. The summed E-state index contributed by atoms with van der Waals surface area (Å²) < 4.78 is 61.3. The van der Waals surface area contributed by atoms with Gasteiger partial charge >= 0.3 is 35.9 Å². The van der Waals surface area contributed by atoms with Gasteiger partial charge in [0, 0.05) is 35.3 Å². The zero-order valence-electron chi connectivity index (χ0n) is 22.0. The molecule has 2 aromatic heterocycles. The molecule has 5 rings (SSSR count). The molecule has 40 heavy (non-hydrogen) atoms. The van der Waals surface area contributed by atoms with Crippen molar-refractivity contribution in [3.05, 3.63) is 71.9 Å². The minimum absolute atomic E-state index is 0. The molecule has 0 saturated carbocycles. The maximum atomic E-state index is 13.0. The Kier molecular flexibility index (Phi) is 8.38. The van der Waals surface area contributed by atoms with Gasteiger partial charge in [0.05, 0.1) is 24.0 Å². The molecule has 5 aromatic rings. The van der Waals surface area contributed by atoms with Gasteiger partial charge in [0.2, 0.25) is 0 Å². The summed E-state index contributed by atoms with van der Waals surface area (Å²) in [6.45, 7) is 3.43. The summed E-state index contributed by atoms with van der Waals surface area (Å²) in [6.07, 6.45) is -6.02. The average Bonchev–Trinajstić information content (AvgIpc) is 3.40. The van der Waals surface area contributed by atoms with Crippen LogP contribution < -0.4 is 48.9 Å². The molecule has 0 bridgehead atoms. The van der Waals surface area contributed by atoms with E-state index in [0.29, 0.717) is 44.6 Å². The quantitative estimate of drug-likeness (QED) is 0.268. The van der Waals surface area contributed by atoms with Crippen molar-refractivity contribution in [2.24, 2.45) is 0 Å². The second-order valence-corrected chi connectivity index (χ2v) is 8.89. The summed E-state index contributed by atoms with van der Waals surface area (Å²) in [5.74, 6) is -0.814. The third-order valence-electron chi connectivity index (χ3n) is 6.33. The van der Waals surface area contributed by atoms with Gasteiger partial charge in [-0.15, -0.1) is 13.2 Å². The molecule has 0 unspecified atom stereocenters. The summed E-state index contributed by atoms with van der Waals surface area (Å²) in [6, 6.07) is 16.2. The second-order valence-electron chi connectivity index (χ2n) is 8.89. The fraction of sp³-hybridized carbons (Fsp3) is 0.214. The Bertz CT molecular complexity index is 1700. The zero-order valence-corrected chi connectivity index (χ0v) is 24.0. The van der Waals surface area contributed by atoms with Crippen LogP contribution in [0.4, 0.5) is 13.2 Å². The van der Waals surface area contributed by atoms with Gasteiger partial charge in [-0.25, -0.2) is 0 Å². The maximum Gasteiger partial charge on any atom is 1.00 e. The number of alkyl halides is 3. The number of hydrogen-bond donors (Lipinski definition) is 0. The van der Waals surface area contributed by atoms with Crippen LogP contribution >= 0.6 is 0 Å². The van der Waals surface area contributed by atoms with Crippen LogP contribution in [0.3, 0.4) is 0 Å². The van der Waals surface area contributed by atoms with Crippen molar-refractivity contribution in [2.45, 2.75) is 32.9 Å². The Morgan fingerprint density at radius 2 is 1.77 bits per heavy atom. The van der Waals surface area contributed by atoms with Gasteiger partial charge in [0.15, 0.2) is 5.58 Å². The SMILES string of the molecule is COc1ccc2c(-c3c(C)n(Cc4cccc(O[C@H](C)C(=O)[O-])c4)c4cc(OC(F)(F)F)ccc34)noc2c1.[Na+]. The van der Waals surface area contributed by atoms with E-state index in [2.05, 4.69) is 9.89 Å². The molecule has 1 atom stereocenters. The van der Waals surface area contributed by atoms with E-state index in [1.165, 1.54) is 26.2 Å². The van der Waals surface area contributed by atoms with Crippen molar-refractivity contribution in [1.29, 1.82) is 0 Å². The number of aliphatic carboxylic acids is 1. The smallest absolute Gasteiger partial charge is 0.546 e. The molecule has 8 nitrogen and oxygen atoms in total. The van der Waals surface area contributed by atoms with Crippen LogP contribution in [-0.2, 0) is 11.3 Å². The monoisotopic (exact) mass is 562 g/mol. The fourth-order valence-corrected chi connectivity index (χ4v) is 4.53. The Labute approximate surface area is 248 Å². The Morgan fingerprint density at radius 3 is 2.48 bits per heavy atom. The van der Waals surface area contributed by atoms with Crippen molar-refractivity contribution in [1.82, 2.24) is 9.72 Å². The number of rotatable bonds is 8. The van der Waals surface area contributed by atoms with Crippen LogP contribution in [0.15, 0.2) is 65.2 Å². The molecule has 0 amide bonds. The van der Waals surface area contributed by atoms with Crippen molar-refractivity contribution >= 4 is 27.8 Å². The number of carboxylic acid groups (broad SMARTS) is 1. The van der Waals surface area contributed by atoms with Gasteiger partial charge in [0.25, 0.3) is 0 Å². The number of carbonyl (C=O) groups excluding carboxylic acids is 1. The number of carboxylic acids is 1. The molecule has 12 heteroatoms. The van der Waals surface area contributed by atoms with E-state index in [1.54, 1.807) is 42.5 Å². The minimum atomic E-state index is -4.86. The first kappa shape index (κ1) is 29.3. The van der Waals surface area contributed by atoms with Gasteiger partial charge in [-0.1, -0.05) is 17.3 Å². The van der Waals surface area contributed by atoms with Crippen LogP contribution in [0.25, 0.3) is 33.1 Å². The van der Waals surface area contributed by atoms with Crippen molar-refractivity contribution in [3.8, 4) is 28.5 Å².